The van der Waals surface area contributed by atoms with Gasteiger partial charge in [0.2, 0.25) is 0 Å². The van der Waals surface area contributed by atoms with Crippen LogP contribution in [0.2, 0.25) is 0 Å². The molecule has 1 N–H and O–H groups in total. The largest absolute Gasteiger partial charge is 0.316 e. The van der Waals surface area contributed by atoms with Crippen LogP contribution in [0.15, 0.2) is 30.3 Å². The summed E-state index contributed by atoms with van der Waals surface area (Å²) < 4.78 is 0. The number of likely N-dealkylation sites (tertiary alicyclic amines) is 1. The van der Waals surface area contributed by atoms with Crippen molar-refractivity contribution in [3.63, 3.8) is 0 Å². The lowest BCUT2D eigenvalue weighted by molar-refractivity contribution is 0.145. The molecular formula is C20H29N3. The molecule has 23 heavy (non-hydrogen) atoms. The Labute approximate surface area is 140 Å². The molecule has 0 spiro atoms. The van der Waals surface area contributed by atoms with E-state index in [9.17, 15) is 0 Å². The molecular weight excluding hydrogens is 282 g/mol. The summed E-state index contributed by atoms with van der Waals surface area (Å²) in [5.41, 5.74) is 1.48. The van der Waals surface area contributed by atoms with Crippen molar-refractivity contribution >= 4 is 0 Å². The molecule has 4 fully saturated rings. The number of fused-ring (bicyclic) bond motifs is 5. The fraction of sp³-hybridized carbons (Fsp3) is 0.700. The second-order valence-corrected chi connectivity index (χ2v) is 8.15. The Hall–Kier alpha value is -0.900. The molecule has 3 nitrogen and oxygen atoms in total. The van der Waals surface area contributed by atoms with Gasteiger partial charge in [-0.3, -0.25) is 9.80 Å². The van der Waals surface area contributed by atoms with Crippen molar-refractivity contribution in [3.05, 3.63) is 35.9 Å². The van der Waals surface area contributed by atoms with Gasteiger partial charge in [-0.15, -0.1) is 0 Å². The molecule has 1 aromatic carbocycles. The Morgan fingerprint density at radius 2 is 1.70 bits per heavy atom. The molecule has 2 bridgehead atoms. The minimum absolute atomic E-state index is 0.782. The van der Waals surface area contributed by atoms with E-state index in [1.807, 2.05) is 0 Å². The molecule has 1 aromatic rings. The van der Waals surface area contributed by atoms with Crippen LogP contribution >= 0.6 is 0 Å². The monoisotopic (exact) mass is 311 g/mol. The van der Waals surface area contributed by atoms with Crippen molar-refractivity contribution in [1.29, 1.82) is 0 Å². The van der Waals surface area contributed by atoms with E-state index >= 15 is 0 Å². The van der Waals surface area contributed by atoms with Crippen molar-refractivity contribution in [1.82, 2.24) is 15.1 Å². The molecule has 5 rings (SSSR count). The Kier molecular flexibility index (Phi) is 3.69. The summed E-state index contributed by atoms with van der Waals surface area (Å²) in [6, 6.07) is 13.6. The smallest absolute Gasteiger partial charge is 0.0237 e. The van der Waals surface area contributed by atoms with E-state index < -0.39 is 0 Å². The van der Waals surface area contributed by atoms with Gasteiger partial charge in [0.15, 0.2) is 0 Å². The number of nitrogens with zero attached hydrogens (tertiary/aromatic N) is 2. The summed E-state index contributed by atoms with van der Waals surface area (Å²) in [4.78, 5) is 5.69. The van der Waals surface area contributed by atoms with Crippen LogP contribution in [-0.4, -0.2) is 54.1 Å². The zero-order chi connectivity index (χ0) is 15.2. The Bertz CT molecular complexity index is 527. The van der Waals surface area contributed by atoms with Gasteiger partial charge in [-0.2, -0.15) is 0 Å². The molecule has 0 radical (unpaired) electrons. The van der Waals surface area contributed by atoms with Crippen molar-refractivity contribution in [2.24, 2.45) is 11.8 Å². The fourth-order valence-electron chi connectivity index (χ4n) is 6.04. The highest BCUT2D eigenvalue weighted by molar-refractivity contribution is 5.15. The molecule has 0 saturated carbocycles. The molecule has 4 heterocycles. The third-order valence-electron chi connectivity index (χ3n) is 7.06. The quantitative estimate of drug-likeness (QED) is 0.921. The standard InChI is InChI=1S/C20H29N3/c1-2-5-15(6-3-1)13-22-10-4-7-16(22)14-23-19-8-9-20(23)18-12-21-11-17(18)19/h1-3,5-6,16-21H,4,7-14H2/t16-,17-,18+,19-,20+/m1/s1. The number of benzene rings is 1. The van der Waals surface area contributed by atoms with Crippen LogP contribution in [0.5, 0.6) is 0 Å². The van der Waals surface area contributed by atoms with E-state index in [0.29, 0.717) is 0 Å². The molecule has 0 aromatic heterocycles. The Balaban J connectivity index is 1.27. The van der Waals surface area contributed by atoms with Crippen LogP contribution in [0.25, 0.3) is 0 Å². The maximum absolute atomic E-state index is 3.64. The fourth-order valence-corrected chi connectivity index (χ4v) is 6.04. The lowest BCUT2D eigenvalue weighted by atomic mass is 9.82. The highest BCUT2D eigenvalue weighted by Crippen LogP contribution is 2.47. The maximum atomic E-state index is 3.64. The predicted molar refractivity (Wildman–Crippen MR) is 93.2 cm³/mol. The lowest BCUT2D eigenvalue weighted by Crippen LogP contribution is -2.44. The van der Waals surface area contributed by atoms with Crippen molar-refractivity contribution in [2.75, 3.05) is 26.2 Å². The zero-order valence-corrected chi connectivity index (χ0v) is 14.0. The van der Waals surface area contributed by atoms with E-state index in [1.54, 1.807) is 0 Å². The van der Waals surface area contributed by atoms with Crippen molar-refractivity contribution in [2.45, 2.75) is 50.4 Å². The van der Waals surface area contributed by atoms with E-state index in [0.717, 1.165) is 36.5 Å². The minimum Gasteiger partial charge on any atom is -0.316 e. The van der Waals surface area contributed by atoms with E-state index in [-0.39, 0.29) is 0 Å². The molecule has 4 aliphatic heterocycles. The van der Waals surface area contributed by atoms with E-state index in [2.05, 4.69) is 45.4 Å². The van der Waals surface area contributed by atoms with Crippen molar-refractivity contribution < 1.29 is 0 Å². The van der Waals surface area contributed by atoms with Gasteiger partial charge in [-0.1, -0.05) is 30.3 Å². The number of hydrogen-bond acceptors (Lipinski definition) is 3. The average molecular weight is 311 g/mol. The first-order chi connectivity index (χ1) is 11.4. The zero-order valence-electron chi connectivity index (χ0n) is 14.0. The maximum Gasteiger partial charge on any atom is 0.0237 e. The molecule has 3 heteroatoms. The summed E-state index contributed by atoms with van der Waals surface area (Å²) in [5.74, 6) is 1.91. The summed E-state index contributed by atoms with van der Waals surface area (Å²) in [6.07, 6.45) is 5.70. The van der Waals surface area contributed by atoms with Crippen LogP contribution in [0.4, 0.5) is 0 Å². The van der Waals surface area contributed by atoms with E-state index in [4.69, 9.17) is 0 Å². The van der Waals surface area contributed by atoms with Gasteiger partial charge in [0, 0.05) is 31.2 Å². The Morgan fingerprint density at radius 1 is 0.957 bits per heavy atom. The van der Waals surface area contributed by atoms with Gasteiger partial charge in [-0.25, -0.2) is 0 Å². The molecule has 5 atom stereocenters. The van der Waals surface area contributed by atoms with Gasteiger partial charge < -0.3 is 5.32 Å². The third-order valence-corrected chi connectivity index (χ3v) is 7.06. The molecule has 0 unspecified atom stereocenters. The summed E-state index contributed by atoms with van der Waals surface area (Å²) in [7, 11) is 0. The van der Waals surface area contributed by atoms with Gasteiger partial charge >= 0.3 is 0 Å². The van der Waals surface area contributed by atoms with Gasteiger partial charge in [0.25, 0.3) is 0 Å². The Morgan fingerprint density at radius 3 is 2.43 bits per heavy atom. The molecule has 0 amide bonds. The van der Waals surface area contributed by atoms with Gasteiger partial charge in [-0.05, 0) is 62.7 Å². The highest BCUT2D eigenvalue weighted by atomic mass is 15.3. The summed E-state index contributed by atoms with van der Waals surface area (Å²) in [6.45, 7) is 6.32. The average Bonchev–Trinajstić information content (AvgIpc) is 3.33. The van der Waals surface area contributed by atoms with Gasteiger partial charge in [0.1, 0.15) is 0 Å². The first-order valence-electron chi connectivity index (χ1n) is 9.64. The topological polar surface area (TPSA) is 18.5 Å². The predicted octanol–water partition coefficient (Wildman–Crippen LogP) is 2.33. The molecule has 0 aliphatic carbocycles. The summed E-state index contributed by atoms with van der Waals surface area (Å²) in [5, 5.41) is 3.64. The number of nitrogens with one attached hydrogen (secondary N) is 1. The van der Waals surface area contributed by atoms with E-state index in [1.165, 1.54) is 57.4 Å². The van der Waals surface area contributed by atoms with Crippen molar-refractivity contribution in [3.8, 4) is 0 Å². The second-order valence-electron chi connectivity index (χ2n) is 8.15. The van der Waals surface area contributed by atoms with Crippen LogP contribution in [-0.2, 0) is 6.54 Å². The van der Waals surface area contributed by atoms with Crippen LogP contribution in [0.3, 0.4) is 0 Å². The molecule has 4 aliphatic rings. The first kappa shape index (κ1) is 14.4. The normalized spacial score (nSPS) is 40.1. The number of hydrogen-bond donors (Lipinski definition) is 1. The first-order valence-corrected chi connectivity index (χ1v) is 9.64. The molecule has 4 saturated heterocycles. The number of rotatable bonds is 4. The third kappa shape index (κ3) is 2.45. The second kappa shape index (κ2) is 5.87. The lowest BCUT2D eigenvalue weighted by Gasteiger charge is -2.32. The minimum atomic E-state index is 0.782. The van der Waals surface area contributed by atoms with Crippen LogP contribution in [0, 0.1) is 11.8 Å². The summed E-state index contributed by atoms with van der Waals surface area (Å²) >= 11 is 0. The van der Waals surface area contributed by atoms with Gasteiger partial charge in [0.05, 0.1) is 0 Å². The van der Waals surface area contributed by atoms with Crippen LogP contribution in [0.1, 0.15) is 31.2 Å². The SMILES string of the molecule is c1ccc(CN2CCC[C@@H]2CN2[C@@H]3CC[C@H]2[C@H]2CNC[C@H]23)cc1. The van der Waals surface area contributed by atoms with Crippen LogP contribution < -0.4 is 5.32 Å². The highest BCUT2D eigenvalue weighted by Gasteiger charge is 2.54. The molecule has 124 valence electrons.